The number of alkyl halides is 3. The number of hydrogen-bond acceptors (Lipinski definition) is 6. The van der Waals surface area contributed by atoms with Crippen molar-refractivity contribution in [2.24, 2.45) is 35.5 Å². The standard InChI is InChI=1S/C23H27F3O6S/c1-22(11-15-9-17(22)20-13-3-2-12(8-13)19(15)20)32-18-10-14(4-5-16(18)23(24,25)26)21(27)31-6-7-33(28,29)30/h4-5,10,12-13,15,17,19-20H,2-3,6-9,11H2,1H3,(H,28,29,30)/p-1. The maximum absolute atomic E-state index is 13.7. The first-order valence-corrected chi connectivity index (χ1v) is 12.9. The molecule has 0 N–H and O–H groups in total. The summed E-state index contributed by atoms with van der Waals surface area (Å²) in [6, 6.07) is 2.78. The molecule has 4 fully saturated rings. The third-order valence-electron chi connectivity index (χ3n) is 8.50. The maximum Gasteiger partial charge on any atom is 0.419 e. The SMILES string of the molecule is CC1(Oc2cc(C(=O)OCCS(=O)(=O)[O-])ccc2C(F)(F)F)CC2CC1C1C3CCC(C3)C21. The van der Waals surface area contributed by atoms with Gasteiger partial charge in [0.25, 0.3) is 0 Å². The molecule has 0 aliphatic heterocycles. The highest BCUT2D eigenvalue weighted by atomic mass is 32.2. The van der Waals surface area contributed by atoms with Gasteiger partial charge in [0, 0.05) is 5.92 Å². The van der Waals surface area contributed by atoms with E-state index in [0.29, 0.717) is 30.1 Å². The fourth-order valence-electron chi connectivity index (χ4n) is 7.52. The average molecular weight is 488 g/mol. The van der Waals surface area contributed by atoms with E-state index < -0.39 is 51.5 Å². The van der Waals surface area contributed by atoms with Gasteiger partial charge in [-0.3, -0.25) is 0 Å². The molecule has 4 aliphatic carbocycles. The van der Waals surface area contributed by atoms with Crippen LogP contribution < -0.4 is 4.74 Å². The van der Waals surface area contributed by atoms with Crippen molar-refractivity contribution in [1.82, 2.24) is 0 Å². The summed E-state index contributed by atoms with van der Waals surface area (Å²) >= 11 is 0. The van der Waals surface area contributed by atoms with E-state index in [1.54, 1.807) is 0 Å². The first-order chi connectivity index (χ1) is 15.4. The monoisotopic (exact) mass is 487 g/mol. The Kier molecular flexibility index (Phi) is 5.28. The third kappa shape index (κ3) is 4.03. The molecule has 1 aromatic rings. The van der Waals surface area contributed by atoms with Crippen molar-refractivity contribution in [2.45, 2.75) is 50.8 Å². The van der Waals surface area contributed by atoms with Gasteiger partial charge in [-0.15, -0.1) is 0 Å². The van der Waals surface area contributed by atoms with E-state index >= 15 is 0 Å². The van der Waals surface area contributed by atoms with Gasteiger partial charge in [0.2, 0.25) is 0 Å². The second-order valence-electron chi connectivity index (χ2n) is 10.3. The first kappa shape index (κ1) is 23.0. The van der Waals surface area contributed by atoms with E-state index in [0.717, 1.165) is 30.5 Å². The molecule has 0 heterocycles. The van der Waals surface area contributed by atoms with Crippen molar-refractivity contribution in [1.29, 1.82) is 0 Å². The molecular weight excluding hydrogens is 461 g/mol. The molecule has 1 aromatic carbocycles. The Bertz CT molecular complexity index is 1070. The number of carbonyl (C=O) groups excluding carboxylic acids is 1. The summed E-state index contributed by atoms with van der Waals surface area (Å²) in [6.45, 7) is 1.22. The van der Waals surface area contributed by atoms with Gasteiger partial charge < -0.3 is 14.0 Å². The van der Waals surface area contributed by atoms with Crippen LogP contribution in [0.5, 0.6) is 5.75 Å². The highest BCUT2D eigenvalue weighted by Gasteiger charge is 2.66. The zero-order valence-electron chi connectivity index (χ0n) is 18.1. The zero-order chi connectivity index (χ0) is 23.8. The molecule has 33 heavy (non-hydrogen) atoms. The van der Waals surface area contributed by atoms with Crippen LogP contribution >= 0.6 is 0 Å². The Morgan fingerprint density at radius 1 is 1.15 bits per heavy atom. The molecule has 4 aliphatic rings. The van der Waals surface area contributed by atoms with Crippen LogP contribution in [0.1, 0.15) is 54.9 Å². The maximum atomic E-state index is 13.7. The number of esters is 1. The second-order valence-corrected chi connectivity index (χ2v) is 11.8. The molecular formula is C23H26F3O6S-. The van der Waals surface area contributed by atoms with E-state index in [-0.39, 0.29) is 11.5 Å². The zero-order valence-corrected chi connectivity index (χ0v) is 19.0. The number of fused-ring (bicyclic) bond motifs is 9. The summed E-state index contributed by atoms with van der Waals surface area (Å²) in [5.41, 5.74) is -1.89. The van der Waals surface area contributed by atoms with Crippen LogP contribution in [0.2, 0.25) is 0 Å². The van der Waals surface area contributed by atoms with Crippen LogP contribution in [0.4, 0.5) is 13.2 Å². The molecule has 10 heteroatoms. The smallest absolute Gasteiger partial charge is 0.419 e. The summed E-state index contributed by atoms with van der Waals surface area (Å²) in [4.78, 5) is 12.3. The lowest BCUT2D eigenvalue weighted by molar-refractivity contribution is -0.141. The quantitative estimate of drug-likeness (QED) is 0.338. The molecule has 0 radical (unpaired) electrons. The van der Waals surface area contributed by atoms with Crippen molar-refractivity contribution < 1.29 is 40.4 Å². The molecule has 182 valence electrons. The van der Waals surface area contributed by atoms with Crippen LogP contribution in [0, 0.1) is 35.5 Å². The van der Waals surface area contributed by atoms with Crippen molar-refractivity contribution in [3.05, 3.63) is 29.3 Å². The van der Waals surface area contributed by atoms with Crippen LogP contribution in [0.15, 0.2) is 18.2 Å². The van der Waals surface area contributed by atoms with E-state index in [9.17, 15) is 30.9 Å². The number of halogens is 3. The Morgan fingerprint density at radius 3 is 2.52 bits per heavy atom. The Hall–Kier alpha value is -1.81. The molecule has 6 nitrogen and oxygen atoms in total. The predicted octanol–water partition coefficient (Wildman–Crippen LogP) is 4.25. The highest BCUT2D eigenvalue weighted by Crippen LogP contribution is 2.70. The van der Waals surface area contributed by atoms with Crippen LogP contribution in [-0.4, -0.2) is 36.9 Å². The van der Waals surface area contributed by atoms with Crippen molar-refractivity contribution in [3.8, 4) is 5.75 Å². The average Bonchev–Trinajstić information content (AvgIpc) is 3.44. The Morgan fingerprint density at radius 2 is 1.85 bits per heavy atom. The fourth-order valence-corrected chi connectivity index (χ4v) is 7.81. The minimum absolute atomic E-state index is 0.189. The van der Waals surface area contributed by atoms with Gasteiger partial charge in [-0.2, -0.15) is 13.2 Å². The number of rotatable bonds is 6. The van der Waals surface area contributed by atoms with Gasteiger partial charge in [0.05, 0.1) is 27.0 Å². The van der Waals surface area contributed by atoms with Gasteiger partial charge in [0.15, 0.2) is 0 Å². The second kappa shape index (κ2) is 7.60. The van der Waals surface area contributed by atoms with E-state index in [1.165, 1.54) is 19.3 Å². The molecule has 7 atom stereocenters. The van der Waals surface area contributed by atoms with E-state index in [2.05, 4.69) is 0 Å². The molecule has 5 rings (SSSR count). The van der Waals surface area contributed by atoms with Crippen LogP contribution in [0.25, 0.3) is 0 Å². The Balaban J connectivity index is 1.39. The summed E-state index contributed by atoms with van der Waals surface area (Å²) in [6.07, 6.45) is 0.701. The molecule has 4 bridgehead atoms. The minimum Gasteiger partial charge on any atom is -0.748 e. The summed E-state index contributed by atoms with van der Waals surface area (Å²) in [5, 5.41) is 0. The highest BCUT2D eigenvalue weighted by molar-refractivity contribution is 7.85. The van der Waals surface area contributed by atoms with Gasteiger partial charge in [-0.1, -0.05) is 0 Å². The third-order valence-corrected chi connectivity index (χ3v) is 9.16. The molecule has 0 aromatic heterocycles. The summed E-state index contributed by atoms with van der Waals surface area (Å²) in [5.74, 6) is 0.898. The van der Waals surface area contributed by atoms with Crippen LogP contribution in [0.3, 0.4) is 0 Å². The predicted molar refractivity (Wildman–Crippen MR) is 109 cm³/mol. The normalized spacial score (nSPS) is 36.8. The largest absolute Gasteiger partial charge is 0.748 e. The molecule has 7 unspecified atom stereocenters. The number of benzene rings is 1. The molecule has 0 saturated heterocycles. The molecule has 4 saturated carbocycles. The summed E-state index contributed by atoms with van der Waals surface area (Å²) < 4.78 is 84.2. The van der Waals surface area contributed by atoms with E-state index in [1.807, 2.05) is 6.92 Å². The summed E-state index contributed by atoms with van der Waals surface area (Å²) in [7, 11) is -4.58. The fraction of sp³-hybridized carbons (Fsp3) is 0.696. The lowest BCUT2D eigenvalue weighted by Gasteiger charge is -2.44. The number of hydrogen-bond donors (Lipinski definition) is 0. The van der Waals surface area contributed by atoms with Crippen molar-refractivity contribution >= 4 is 16.1 Å². The molecule has 0 amide bonds. The van der Waals surface area contributed by atoms with Crippen LogP contribution in [-0.2, 0) is 21.0 Å². The van der Waals surface area contributed by atoms with Gasteiger partial charge >= 0.3 is 12.1 Å². The first-order valence-electron chi connectivity index (χ1n) is 11.4. The van der Waals surface area contributed by atoms with E-state index in [4.69, 9.17) is 9.47 Å². The van der Waals surface area contributed by atoms with Crippen molar-refractivity contribution in [2.75, 3.05) is 12.4 Å². The molecule has 0 spiro atoms. The van der Waals surface area contributed by atoms with Gasteiger partial charge in [-0.25, -0.2) is 13.2 Å². The minimum atomic E-state index is -4.67. The Labute approximate surface area is 190 Å². The topological polar surface area (TPSA) is 92.7 Å². The van der Waals surface area contributed by atoms with Crippen molar-refractivity contribution in [3.63, 3.8) is 0 Å². The van der Waals surface area contributed by atoms with Gasteiger partial charge in [-0.05, 0) is 86.8 Å². The van der Waals surface area contributed by atoms with Gasteiger partial charge in [0.1, 0.15) is 18.0 Å². The lowest BCUT2D eigenvalue weighted by atomic mass is 9.66. The lowest BCUT2D eigenvalue weighted by Crippen LogP contribution is -2.46. The number of carbonyl (C=O) groups is 1. The number of ether oxygens (including phenoxy) is 2.